The van der Waals surface area contributed by atoms with Gasteiger partial charge in [-0.2, -0.15) is 0 Å². The molecule has 0 atom stereocenters. The first kappa shape index (κ1) is 16.9. The second-order valence-corrected chi connectivity index (χ2v) is 6.47. The number of sulfonamides is 1. The number of rotatable bonds is 6. The zero-order valence-electron chi connectivity index (χ0n) is 12.7. The number of ether oxygens (including phenoxy) is 1. The molecule has 0 fully saturated rings. The molecule has 8 heteroatoms. The average molecular weight is 335 g/mol. The lowest BCUT2D eigenvalue weighted by molar-refractivity contribution is 0.0950. The number of carbonyl (C=O) groups is 1. The van der Waals surface area contributed by atoms with Crippen molar-refractivity contribution in [3.05, 3.63) is 53.9 Å². The third-order valence-electron chi connectivity index (χ3n) is 3.18. The Bertz CT molecular complexity index is 792. The molecule has 0 aliphatic carbocycles. The zero-order chi connectivity index (χ0) is 16.9. The Morgan fingerprint density at radius 2 is 1.91 bits per heavy atom. The summed E-state index contributed by atoms with van der Waals surface area (Å²) in [5, 5.41) is 2.75. The summed E-state index contributed by atoms with van der Waals surface area (Å²) < 4.78 is 31.1. The predicted octanol–water partition coefficient (Wildman–Crippen LogP) is 0.928. The predicted molar refractivity (Wildman–Crippen MR) is 84.6 cm³/mol. The first-order valence-corrected chi connectivity index (χ1v) is 8.25. The number of hydrogen-bond donors (Lipinski definition) is 2. The Labute approximate surface area is 134 Å². The summed E-state index contributed by atoms with van der Waals surface area (Å²) in [5.41, 5.74) is 1.22. The van der Waals surface area contributed by atoms with Gasteiger partial charge in [0.05, 0.1) is 7.11 Å². The molecule has 0 saturated heterocycles. The van der Waals surface area contributed by atoms with Crippen LogP contribution < -0.4 is 14.8 Å². The molecular weight excluding hydrogens is 318 g/mol. The van der Waals surface area contributed by atoms with E-state index < -0.39 is 10.0 Å². The Morgan fingerprint density at radius 3 is 2.52 bits per heavy atom. The second kappa shape index (κ2) is 7.21. The monoisotopic (exact) mass is 335 g/mol. The van der Waals surface area contributed by atoms with Crippen molar-refractivity contribution < 1.29 is 17.9 Å². The molecule has 2 N–H and O–H groups in total. The summed E-state index contributed by atoms with van der Waals surface area (Å²) in [4.78, 5) is 15.9. The molecule has 1 heterocycles. The quantitative estimate of drug-likeness (QED) is 0.818. The van der Waals surface area contributed by atoms with Crippen LogP contribution in [0.25, 0.3) is 0 Å². The van der Waals surface area contributed by atoms with E-state index in [-0.39, 0.29) is 23.1 Å². The molecule has 0 bridgehead atoms. The summed E-state index contributed by atoms with van der Waals surface area (Å²) in [7, 11) is -0.878. The van der Waals surface area contributed by atoms with Crippen molar-refractivity contribution in [3.63, 3.8) is 0 Å². The highest BCUT2D eigenvalue weighted by Crippen LogP contribution is 2.24. The van der Waals surface area contributed by atoms with Crippen LogP contribution in [0.1, 0.15) is 15.9 Å². The standard InChI is InChI=1S/C15H17N3O4S/c1-16-23(20,21)14-4-3-11(9-13(14)22-2)10-18-15(19)12-5-7-17-8-6-12/h3-9,16H,10H2,1-2H3,(H,18,19). The molecule has 2 rings (SSSR count). The molecule has 2 aromatic rings. The SMILES string of the molecule is CNS(=O)(=O)c1ccc(CNC(=O)c2ccncc2)cc1OC. The fourth-order valence-electron chi connectivity index (χ4n) is 1.94. The minimum absolute atomic E-state index is 0.0479. The number of nitrogens with one attached hydrogen (secondary N) is 2. The van der Waals surface area contributed by atoms with Gasteiger partial charge in [-0.25, -0.2) is 13.1 Å². The van der Waals surface area contributed by atoms with E-state index in [0.29, 0.717) is 5.56 Å². The number of carbonyl (C=O) groups excluding carboxylic acids is 1. The normalized spacial score (nSPS) is 11.0. The summed E-state index contributed by atoms with van der Waals surface area (Å²) >= 11 is 0. The largest absolute Gasteiger partial charge is 0.495 e. The summed E-state index contributed by atoms with van der Waals surface area (Å²) in [6, 6.07) is 7.87. The van der Waals surface area contributed by atoms with Crippen molar-refractivity contribution in [2.24, 2.45) is 0 Å². The van der Waals surface area contributed by atoms with Gasteiger partial charge in [0.25, 0.3) is 5.91 Å². The number of hydrogen-bond acceptors (Lipinski definition) is 5. The van der Waals surface area contributed by atoms with Gasteiger partial charge in [0.1, 0.15) is 10.6 Å². The van der Waals surface area contributed by atoms with Crippen LogP contribution in [0.5, 0.6) is 5.75 Å². The van der Waals surface area contributed by atoms with Gasteiger partial charge in [-0.1, -0.05) is 6.07 Å². The van der Waals surface area contributed by atoms with Gasteiger partial charge in [-0.05, 0) is 36.9 Å². The van der Waals surface area contributed by atoms with Gasteiger partial charge in [-0.3, -0.25) is 9.78 Å². The lowest BCUT2D eigenvalue weighted by Gasteiger charge is -2.11. The van der Waals surface area contributed by atoms with Crippen LogP contribution in [0, 0.1) is 0 Å². The third-order valence-corrected chi connectivity index (χ3v) is 4.64. The van der Waals surface area contributed by atoms with Gasteiger partial charge < -0.3 is 10.1 Å². The molecule has 0 unspecified atom stereocenters. The molecule has 122 valence electrons. The van der Waals surface area contributed by atoms with Crippen LogP contribution in [0.15, 0.2) is 47.6 Å². The van der Waals surface area contributed by atoms with E-state index in [1.807, 2.05) is 0 Å². The van der Waals surface area contributed by atoms with E-state index in [1.54, 1.807) is 24.3 Å². The summed E-state index contributed by atoms with van der Waals surface area (Å²) in [6.07, 6.45) is 3.07. The van der Waals surface area contributed by atoms with Crippen molar-refractivity contribution >= 4 is 15.9 Å². The topological polar surface area (TPSA) is 97.4 Å². The van der Waals surface area contributed by atoms with Crippen LogP contribution in [-0.4, -0.2) is 33.5 Å². The fraction of sp³-hybridized carbons (Fsp3) is 0.200. The third kappa shape index (κ3) is 4.05. The fourth-order valence-corrected chi connectivity index (χ4v) is 2.82. The van der Waals surface area contributed by atoms with E-state index in [0.717, 1.165) is 5.56 Å². The molecule has 0 radical (unpaired) electrons. The second-order valence-electron chi connectivity index (χ2n) is 4.61. The van der Waals surface area contributed by atoms with Crippen LogP contribution in [0.4, 0.5) is 0 Å². The van der Waals surface area contributed by atoms with E-state index in [1.165, 1.54) is 32.6 Å². The highest BCUT2D eigenvalue weighted by atomic mass is 32.2. The molecule has 0 aliphatic heterocycles. The van der Waals surface area contributed by atoms with Crippen molar-refractivity contribution in [2.45, 2.75) is 11.4 Å². The molecule has 1 aromatic carbocycles. The van der Waals surface area contributed by atoms with E-state index in [2.05, 4.69) is 15.0 Å². The Kier molecular flexibility index (Phi) is 5.30. The number of aromatic nitrogens is 1. The summed E-state index contributed by atoms with van der Waals surface area (Å²) in [5.74, 6) is -0.0201. The van der Waals surface area contributed by atoms with Gasteiger partial charge in [0.2, 0.25) is 10.0 Å². The maximum Gasteiger partial charge on any atom is 0.251 e. The lowest BCUT2D eigenvalue weighted by atomic mass is 10.2. The maximum absolute atomic E-state index is 12.0. The Balaban J connectivity index is 2.14. The minimum atomic E-state index is -3.60. The Hall–Kier alpha value is -2.45. The number of pyridine rings is 1. The highest BCUT2D eigenvalue weighted by molar-refractivity contribution is 7.89. The van der Waals surface area contributed by atoms with Crippen LogP contribution >= 0.6 is 0 Å². The molecule has 0 spiro atoms. The highest BCUT2D eigenvalue weighted by Gasteiger charge is 2.17. The summed E-state index contributed by atoms with van der Waals surface area (Å²) in [6.45, 7) is 0.247. The van der Waals surface area contributed by atoms with Crippen molar-refractivity contribution in [1.29, 1.82) is 0 Å². The van der Waals surface area contributed by atoms with Gasteiger partial charge in [0, 0.05) is 24.5 Å². The number of methoxy groups -OCH3 is 1. The van der Waals surface area contributed by atoms with Crippen LogP contribution in [-0.2, 0) is 16.6 Å². The number of nitrogens with zero attached hydrogens (tertiary/aromatic N) is 1. The van der Waals surface area contributed by atoms with Gasteiger partial charge >= 0.3 is 0 Å². The molecule has 0 aliphatic rings. The van der Waals surface area contributed by atoms with Crippen LogP contribution in [0.2, 0.25) is 0 Å². The zero-order valence-corrected chi connectivity index (χ0v) is 13.6. The molecule has 1 amide bonds. The molecular formula is C15H17N3O4S. The smallest absolute Gasteiger partial charge is 0.251 e. The van der Waals surface area contributed by atoms with E-state index >= 15 is 0 Å². The molecule has 1 aromatic heterocycles. The van der Waals surface area contributed by atoms with E-state index in [4.69, 9.17) is 4.74 Å². The van der Waals surface area contributed by atoms with Crippen molar-refractivity contribution in [2.75, 3.05) is 14.2 Å². The Morgan fingerprint density at radius 1 is 1.22 bits per heavy atom. The molecule has 23 heavy (non-hydrogen) atoms. The van der Waals surface area contributed by atoms with Gasteiger partial charge in [-0.15, -0.1) is 0 Å². The maximum atomic E-state index is 12.0. The lowest BCUT2D eigenvalue weighted by Crippen LogP contribution is -2.23. The van der Waals surface area contributed by atoms with E-state index in [9.17, 15) is 13.2 Å². The van der Waals surface area contributed by atoms with Crippen molar-refractivity contribution in [1.82, 2.24) is 15.0 Å². The number of benzene rings is 1. The minimum Gasteiger partial charge on any atom is -0.495 e. The molecule has 7 nitrogen and oxygen atoms in total. The average Bonchev–Trinajstić information content (AvgIpc) is 2.60. The van der Waals surface area contributed by atoms with Crippen LogP contribution in [0.3, 0.4) is 0 Å². The first-order valence-electron chi connectivity index (χ1n) is 6.76. The number of amides is 1. The van der Waals surface area contributed by atoms with Crippen molar-refractivity contribution in [3.8, 4) is 5.75 Å². The van der Waals surface area contributed by atoms with Gasteiger partial charge in [0.15, 0.2) is 0 Å². The molecule has 0 saturated carbocycles. The first-order chi connectivity index (χ1) is 11.0.